The third kappa shape index (κ3) is 5.16. The summed E-state index contributed by atoms with van der Waals surface area (Å²) in [4.78, 5) is 19.2. The van der Waals surface area contributed by atoms with Crippen LogP contribution in [0.4, 0.5) is 5.13 Å². The molecule has 0 unspecified atom stereocenters. The van der Waals surface area contributed by atoms with E-state index in [9.17, 15) is 13.2 Å². The molecule has 0 radical (unpaired) electrons. The van der Waals surface area contributed by atoms with Gasteiger partial charge in [0.05, 0.1) is 24.2 Å². The fraction of sp³-hybridized carbons (Fsp3) is 0.273. The van der Waals surface area contributed by atoms with Crippen LogP contribution in [-0.4, -0.2) is 68.3 Å². The van der Waals surface area contributed by atoms with Crippen molar-refractivity contribution in [3.8, 4) is 17.0 Å². The molecule has 1 aromatic heterocycles. The smallest absolute Gasteiger partial charge is 0.243 e. The predicted octanol–water partition coefficient (Wildman–Crippen LogP) is 2.76. The fourth-order valence-corrected chi connectivity index (χ4v) is 5.64. The van der Waals surface area contributed by atoms with Gasteiger partial charge in [0.15, 0.2) is 5.13 Å². The summed E-state index contributed by atoms with van der Waals surface area (Å²) < 4.78 is 32.1. The Balaban J connectivity index is 1.29. The molecular formula is C22H24N4O4S2. The van der Waals surface area contributed by atoms with Crippen LogP contribution < -0.4 is 10.1 Å². The zero-order valence-electron chi connectivity index (χ0n) is 17.6. The van der Waals surface area contributed by atoms with Crippen molar-refractivity contribution < 1.29 is 17.9 Å². The molecule has 4 rings (SSSR count). The number of amides is 1. The number of ether oxygens (including phenoxy) is 1. The molecule has 0 saturated carbocycles. The van der Waals surface area contributed by atoms with E-state index in [1.54, 1.807) is 37.4 Å². The number of rotatable bonds is 7. The summed E-state index contributed by atoms with van der Waals surface area (Å²) in [5.74, 6) is 0.606. The van der Waals surface area contributed by atoms with E-state index in [1.165, 1.54) is 15.6 Å². The molecule has 2 aromatic carbocycles. The molecule has 2 heterocycles. The van der Waals surface area contributed by atoms with Crippen LogP contribution in [0.15, 0.2) is 64.9 Å². The number of carbonyl (C=O) groups excluding carboxylic acids is 1. The Labute approximate surface area is 191 Å². The van der Waals surface area contributed by atoms with Gasteiger partial charge in [-0.15, -0.1) is 11.3 Å². The van der Waals surface area contributed by atoms with Crippen molar-refractivity contribution in [3.63, 3.8) is 0 Å². The van der Waals surface area contributed by atoms with Gasteiger partial charge >= 0.3 is 0 Å². The Morgan fingerprint density at radius 2 is 1.75 bits per heavy atom. The monoisotopic (exact) mass is 472 g/mol. The van der Waals surface area contributed by atoms with Gasteiger partial charge in [-0.1, -0.05) is 18.2 Å². The molecule has 1 aliphatic rings. The van der Waals surface area contributed by atoms with Crippen molar-refractivity contribution in [1.82, 2.24) is 14.2 Å². The van der Waals surface area contributed by atoms with Crippen molar-refractivity contribution in [2.24, 2.45) is 0 Å². The normalized spacial score (nSPS) is 15.4. The lowest BCUT2D eigenvalue weighted by molar-refractivity contribution is -0.117. The van der Waals surface area contributed by atoms with Gasteiger partial charge < -0.3 is 10.1 Å². The number of sulfonamides is 1. The van der Waals surface area contributed by atoms with E-state index in [4.69, 9.17) is 4.74 Å². The first kappa shape index (κ1) is 22.4. The molecule has 32 heavy (non-hydrogen) atoms. The maximum Gasteiger partial charge on any atom is 0.243 e. The first-order valence-corrected chi connectivity index (χ1v) is 12.4. The van der Waals surface area contributed by atoms with E-state index in [-0.39, 0.29) is 12.5 Å². The molecule has 8 nitrogen and oxygen atoms in total. The highest BCUT2D eigenvalue weighted by molar-refractivity contribution is 7.89. The number of carbonyl (C=O) groups is 1. The summed E-state index contributed by atoms with van der Waals surface area (Å²) in [6.07, 6.45) is 0. The van der Waals surface area contributed by atoms with Gasteiger partial charge in [0, 0.05) is 37.1 Å². The average Bonchev–Trinajstić information content (AvgIpc) is 3.28. The SMILES string of the molecule is COc1ccc(-c2csc(NC(=O)CN3CCN(S(=O)(=O)c4ccccc4)CC3)n2)cc1. The van der Waals surface area contributed by atoms with Crippen LogP contribution >= 0.6 is 11.3 Å². The Morgan fingerprint density at radius 3 is 2.41 bits per heavy atom. The third-order valence-electron chi connectivity index (χ3n) is 5.22. The minimum atomic E-state index is -3.50. The topological polar surface area (TPSA) is 91.8 Å². The summed E-state index contributed by atoms with van der Waals surface area (Å²) in [7, 11) is -1.88. The number of nitrogens with one attached hydrogen (secondary N) is 1. The minimum absolute atomic E-state index is 0.167. The van der Waals surface area contributed by atoms with E-state index in [0.717, 1.165) is 17.0 Å². The van der Waals surface area contributed by atoms with Gasteiger partial charge in [-0.3, -0.25) is 9.69 Å². The number of hydrogen-bond acceptors (Lipinski definition) is 7. The lowest BCUT2D eigenvalue weighted by Gasteiger charge is -2.33. The first-order valence-electron chi connectivity index (χ1n) is 10.1. The second kappa shape index (κ2) is 9.78. The largest absolute Gasteiger partial charge is 0.497 e. The Bertz CT molecular complexity index is 1160. The molecule has 3 aromatic rings. The molecule has 1 saturated heterocycles. The van der Waals surface area contributed by atoms with E-state index < -0.39 is 10.0 Å². The van der Waals surface area contributed by atoms with Gasteiger partial charge in [-0.05, 0) is 36.4 Å². The number of methoxy groups -OCH3 is 1. The number of hydrogen-bond donors (Lipinski definition) is 1. The van der Waals surface area contributed by atoms with E-state index in [1.807, 2.05) is 34.5 Å². The highest BCUT2D eigenvalue weighted by Crippen LogP contribution is 2.26. The van der Waals surface area contributed by atoms with Crippen LogP contribution in [0, 0.1) is 0 Å². The fourth-order valence-electron chi connectivity index (χ4n) is 3.46. The molecule has 0 bridgehead atoms. The summed E-state index contributed by atoms with van der Waals surface area (Å²) in [6.45, 7) is 1.88. The van der Waals surface area contributed by atoms with Crippen LogP contribution in [0.5, 0.6) is 5.75 Å². The number of thiazole rings is 1. The van der Waals surface area contributed by atoms with Crippen molar-refractivity contribution in [3.05, 3.63) is 60.0 Å². The molecule has 0 spiro atoms. The maximum atomic E-state index is 12.7. The Morgan fingerprint density at radius 1 is 1.06 bits per heavy atom. The minimum Gasteiger partial charge on any atom is -0.497 e. The van der Waals surface area contributed by atoms with E-state index >= 15 is 0 Å². The molecule has 10 heteroatoms. The van der Waals surface area contributed by atoms with Gasteiger partial charge in [-0.2, -0.15) is 4.31 Å². The molecule has 1 aliphatic heterocycles. The summed E-state index contributed by atoms with van der Waals surface area (Å²) >= 11 is 1.37. The van der Waals surface area contributed by atoms with Gasteiger partial charge in [0.2, 0.25) is 15.9 Å². The zero-order valence-corrected chi connectivity index (χ0v) is 19.2. The number of benzene rings is 2. The highest BCUT2D eigenvalue weighted by Gasteiger charge is 2.29. The number of nitrogens with zero attached hydrogens (tertiary/aromatic N) is 3. The van der Waals surface area contributed by atoms with Gasteiger partial charge in [0.1, 0.15) is 5.75 Å². The second-order valence-electron chi connectivity index (χ2n) is 7.31. The van der Waals surface area contributed by atoms with E-state index in [2.05, 4.69) is 10.3 Å². The summed E-state index contributed by atoms with van der Waals surface area (Å²) in [6, 6.07) is 16.0. The second-order valence-corrected chi connectivity index (χ2v) is 10.1. The van der Waals surface area contributed by atoms with Crippen LogP contribution in [-0.2, 0) is 14.8 Å². The number of piperazine rings is 1. The van der Waals surface area contributed by atoms with Crippen LogP contribution in [0.25, 0.3) is 11.3 Å². The highest BCUT2D eigenvalue weighted by atomic mass is 32.2. The van der Waals surface area contributed by atoms with Crippen molar-refractivity contribution in [2.75, 3.05) is 45.2 Å². The Kier molecular flexibility index (Phi) is 6.85. The molecule has 1 amide bonds. The molecule has 0 atom stereocenters. The predicted molar refractivity (Wildman–Crippen MR) is 124 cm³/mol. The van der Waals surface area contributed by atoms with Crippen molar-refractivity contribution >= 4 is 32.4 Å². The summed E-state index contributed by atoms with van der Waals surface area (Å²) in [5, 5.41) is 5.27. The molecule has 0 aliphatic carbocycles. The number of anilines is 1. The molecular weight excluding hydrogens is 448 g/mol. The van der Waals surface area contributed by atoms with Gasteiger partial charge in [-0.25, -0.2) is 13.4 Å². The number of aromatic nitrogens is 1. The maximum absolute atomic E-state index is 12.7. The van der Waals surface area contributed by atoms with Crippen molar-refractivity contribution in [1.29, 1.82) is 0 Å². The third-order valence-corrected chi connectivity index (χ3v) is 7.89. The lowest BCUT2D eigenvalue weighted by atomic mass is 10.2. The van der Waals surface area contributed by atoms with E-state index in [0.29, 0.717) is 36.2 Å². The van der Waals surface area contributed by atoms with Crippen LogP contribution in [0.1, 0.15) is 0 Å². The quantitative estimate of drug-likeness (QED) is 0.569. The first-order chi connectivity index (χ1) is 15.5. The lowest BCUT2D eigenvalue weighted by Crippen LogP contribution is -2.50. The van der Waals surface area contributed by atoms with Crippen LogP contribution in [0.2, 0.25) is 0 Å². The van der Waals surface area contributed by atoms with Crippen molar-refractivity contribution in [2.45, 2.75) is 4.90 Å². The summed E-state index contributed by atoms with van der Waals surface area (Å²) in [5.41, 5.74) is 1.73. The van der Waals surface area contributed by atoms with Crippen LogP contribution in [0.3, 0.4) is 0 Å². The zero-order chi connectivity index (χ0) is 22.6. The van der Waals surface area contributed by atoms with Gasteiger partial charge in [0.25, 0.3) is 0 Å². The standard InChI is InChI=1S/C22H24N4O4S2/c1-30-18-9-7-17(8-10-18)20-16-31-22(23-20)24-21(27)15-25-11-13-26(14-12-25)32(28,29)19-5-3-2-4-6-19/h2-10,16H,11-15H2,1H3,(H,23,24,27). The average molecular weight is 473 g/mol. The molecule has 168 valence electrons. The molecule has 1 N–H and O–H groups in total. The molecule has 1 fully saturated rings. The Hall–Kier alpha value is -2.79.